The Labute approximate surface area is 113 Å². The zero-order valence-corrected chi connectivity index (χ0v) is 11.5. The Morgan fingerprint density at radius 1 is 1.50 bits per heavy atom. The van der Waals surface area contributed by atoms with Crippen molar-refractivity contribution in [3.63, 3.8) is 0 Å². The van der Waals surface area contributed by atoms with E-state index < -0.39 is 5.91 Å². The fourth-order valence-corrected chi connectivity index (χ4v) is 0.763. The van der Waals surface area contributed by atoms with Gasteiger partial charge in [-0.2, -0.15) is 0 Å². The molecule has 5 heteroatoms. The Hall–Kier alpha value is 1.04. The van der Waals surface area contributed by atoms with Crippen LogP contribution in [-0.2, 0) is 22.4 Å². The topological polar surface area (TPSA) is 37.4 Å². The molecule has 1 rings (SSSR count). The van der Waals surface area contributed by atoms with Crippen molar-refractivity contribution in [1.82, 2.24) is 4.31 Å². The van der Waals surface area contributed by atoms with Crippen LogP contribution in [0.1, 0.15) is 6.92 Å². The van der Waals surface area contributed by atoms with Gasteiger partial charge in [0, 0.05) is 11.6 Å². The Morgan fingerprint density at radius 2 is 2.00 bits per heavy atom. The van der Waals surface area contributed by atoms with Crippen LogP contribution in [0, 0.1) is 0 Å². The van der Waals surface area contributed by atoms with Crippen LogP contribution in [0.25, 0.3) is 0 Å². The second-order valence-electron chi connectivity index (χ2n) is 1.77. The Morgan fingerprint density at radius 3 is 2.10 bits per heavy atom. The van der Waals surface area contributed by atoms with Gasteiger partial charge in [-0.05, 0) is 6.92 Å². The van der Waals surface area contributed by atoms with Gasteiger partial charge in [0.15, 0.2) is 0 Å². The molecule has 3 nitrogen and oxygen atoms in total. The first-order chi connectivity index (χ1) is 4.13. The maximum atomic E-state index is 10.6. The van der Waals surface area contributed by atoms with Gasteiger partial charge in [0.2, 0.25) is 11.8 Å². The molecule has 0 atom stereocenters. The van der Waals surface area contributed by atoms with Gasteiger partial charge in [-0.25, -0.2) is 0 Å². The minimum atomic E-state index is -0.410. The van der Waals surface area contributed by atoms with E-state index in [4.69, 9.17) is 0 Å². The molecule has 0 aromatic carbocycles. The van der Waals surface area contributed by atoms with E-state index in [1.807, 2.05) is 0 Å². The van der Waals surface area contributed by atoms with Crippen molar-refractivity contribution in [3.05, 3.63) is 11.6 Å². The minimum Gasteiger partial charge on any atom is -0.655 e. The molecule has 0 unspecified atom stereocenters. The summed E-state index contributed by atoms with van der Waals surface area (Å²) in [6.07, 6.45) is 1.23. The third-order valence-corrected chi connectivity index (χ3v) is 1.41. The molecule has 2 amide bonds. The molecule has 0 saturated carbocycles. The largest absolute Gasteiger partial charge is 1.00 e. The van der Waals surface area contributed by atoms with E-state index in [0.717, 1.165) is 0 Å². The molecule has 1 aliphatic heterocycles. The van der Waals surface area contributed by atoms with Crippen molar-refractivity contribution < 1.29 is 67.8 Å². The number of hydrogen-bond donors (Lipinski definition) is 0. The van der Waals surface area contributed by atoms with Gasteiger partial charge in [-0.1, -0.05) is 0 Å². The summed E-state index contributed by atoms with van der Waals surface area (Å²) >= 11 is 4.41. The Balaban J connectivity index is 0.000000810. The normalized spacial score (nSPS) is 17.0. The molecule has 48 valence electrons. The molecule has 0 spiro atoms. The van der Waals surface area contributed by atoms with Crippen molar-refractivity contribution in [2.24, 2.45) is 0 Å². The van der Waals surface area contributed by atoms with Crippen LogP contribution in [0.4, 0.5) is 0 Å². The number of carbonyl (C=O) groups is 2. The average Bonchev–Trinajstić information content (AvgIpc) is 1.98. The third-order valence-electron chi connectivity index (χ3n) is 1.06. The van der Waals surface area contributed by atoms with Gasteiger partial charge in [-0.3, -0.25) is 9.59 Å². The maximum absolute atomic E-state index is 10.6. The molecular formula is C5H4NO2RbS. The van der Waals surface area contributed by atoms with Crippen LogP contribution in [0.15, 0.2) is 11.6 Å². The predicted octanol–water partition coefficient (Wildman–Crippen LogP) is -3.23. The summed E-state index contributed by atoms with van der Waals surface area (Å²) in [5, 5.41) is 0. The van der Waals surface area contributed by atoms with Gasteiger partial charge in [0.1, 0.15) is 0 Å². The van der Waals surface area contributed by atoms with E-state index in [1.54, 1.807) is 6.92 Å². The molecule has 10 heavy (non-hydrogen) atoms. The second kappa shape index (κ2) is 4.16. The molecular weight excluding hydrogens is 224 g/mol. The molecule has 0 fully saturated rings. The molecule has 1 heterocycles. The monoisotopic (exact) mass is 227 g/mol. The minimum absolute atomic E-state index is 0. The summed E-state index contributed by atoms with van der Waals surface area (Å²) < 4.78 is 0.676. The Bertz CT molecular complexity index is 214. The maximum Gasteiger partial charge on any atom is 1.00 e. The van der Waals surface area contributed by atoms with Gasteiger partial charge < -0.3 is 17.1 Å². The van der Waals surface area contributed by atoms with Crippen molar-refractivity contribution in [2.45, 2.75) is 6.92 Å². The zero-order valence-electron chi connectivity index (χ0n) is 5.75. The van der Waals surface area contributed by atoms with Crippen molar-refractivity contribution in [1.29, 1.82) is 0 Å². The summed E-state index contributed by atoms with van der Waals surface area (Å²) in [6, 6.07) is 0. The van der Waals surface area contributed by atoms with Crippen LogP contribution in [0.2, 0.25) is 0 Å². The number of hydrogen-bond acceptors (Lipinski definition) is 3. The van der Waals surface area contributed by atoms with E-state index >= 15 is 0 Å². The third kappa shape index (κ3) is 2.01. The van der Waals surface area contributed by atoms with E-state index in [1.165, 1.54) is 6.08 Å². The van der Waals surface area contributed by atoms with Crippen molar-refractivity contribution >= 4 is 24.6 Å². The number of imide groups is 1. The number of carbonyl (C=O) groups excluding carboxylic acids is 2. The van der Waals surface area contributed by atoms with E-state index in [-0.39, 0.29) is 64.1 Å². The van der Waals surface area contributed by atoms with E-state index in [2.05, 4.69) is 12.8 Å². The van der Waals surface area contributed by atoms with Gasteiger partial charge in [0.25, 0.3) is 0 Å². The molecule has 0 aromatic rings. The quantitative estimate of drug-likeness (QED) is 0.323. The zero-order chi connectivity index (χ0) is 7.02. The first-order valence-corrected chi connectivity index (χ1v) is 2.73. The SMILES string of the molecule is CC1=CC(=O)N([S-])C1=O.[Rb+]. The Kier molecular flexibility index (Phi) is 4.59. The molecule has 0 aliphatic carbocycles. The molecule has 0 aromatic heterocycles. The van der Waals surface area contributed by atoms with Crippen LogP contribution in [0.5, 0.6) is 0 Å². The summed E-state index contributed by atoms with van der Waals surface area (Å²) in [5.74, 6) is -0.789. The van der Waals surface area contributed by atoms with Crippen LogP contribution in [-0.4, -0.2) is 16.1 Å². The first-order valence-electron chi connectivity index (χ1n) is 2.37. The molecule has 0 bridgehead atoms. The first kappa shape index (κ1) is 11.0. The molecule has 1 aliphatic rings. The number of amides is 2. The van der Waals surface area contributed by atoms with Crippen molar-refractivity contribution in [3.8, 4) is 0 Å². The second-order valence-corrected chi connectivity index (χ2v) is 2.13. The van der Waals surface area contributed by atoms with Crippen LogP contribution >= 0.6 is 0 Å². The number of nitrogens with zero attached hydrogens (tertiary/aromatic N) is 1. The fourth-order valence-electron chi connectivity index (χ4n) is 0.566. The van der Waals surface area contributed by atoms with Crippen LogP contribution in [0.3, 0.4) is 0 Å². The summed E-state index contributed by atoms with van der Waals surface area (Å²) in [4.78, 5) is 21.2. The van der Waals surface area contributed by atoms with Gasteiger partial charge in [0.05, 0.1) is 0 Å². The van der Waals surface area contributed by atoms with Gasteiger partial charge >= 0.3 is 58.2 Å². The molecule has 0 N–H and O–H groups in total. The fraction of sp³-hybridized carbons (Fsp3) is 0.200. The standard InChI is InChI=1S/C5H4NO2S.Rb/c1-3-2-4(7)6(9)5(3)8;/h2H,1H3;/q-1;+1. The van der Waals surface area contributed by atoms with Crippen molar-refractivity contribution in [2.75, 3.05) is 0 Å². The van der Waals surface area contributed by atoms with Crippen LogP contribution < -0.4 is 58.2 Å². The predicted molar refractivity (Wildman–Crippen MR) is 33.0 cm³/mol. The summed E-state index contributed by atoms with van der Waals surface area (Å²) in [5.41, 5.74) is 0.412. The van der Waals surface area contributed by atoms with Gasteiger partial charge in [-0.15, -0.1) is 0 Å². The van der Waals surface area contributed by atoms with E-state index in [9.17, 15) is 9.59 Å². The summed E-state index contributed by atoms with van der Waals surface area (Å²) in [6.45, 7) is 1.56. The summed E-state index contributed by atoms with van der Waals surface area (Å²) in [7, 11) is 0. The molecule has 0 saturated heterocycles. The molecule has 0 radical (unpaired) electrons. The smallest absolute Gasteiger partial charge is 0.655 e. The average molecular weight is 228 g/mol. The van der Waals surface area contributed by atoms with E-state index in [0.29, 0.717) is 9.88 Å². The number of rotatable bonds is 0.